The maximum Gasteiger partial charge on any atom is 0.460 e. The number of carbonyl (C=O) groups excluding carboxylic acids is 2. The molecular weight excluding hydrogens is 657 g/mol. The Kier molecular flexibility index (Phi) is 11.1. The van der Waals surface area contributed by atoms with Crippen molar-refractivity contribution in [1.82, 2.24) is 9.97 Å². The average Bonchev–Trinajstić information content (AvgIpc) is 3.10. The zero-order valence-electron chi connectivity index (χ0n) is 29.5. The molecule has 0 spiro atoms. The first-order valence-corrected chi connectivity index (χ1v) is 19.2. The standard InChI is InChI=1S/C38H48N3O8P/c1-6-38(4,5)37(43)47-32-18-24(2)17-27-12-11-25(3)31(34(27)32)14-13-30-19-26(20-33(42)46-30)23-45-50(44)41-35(28-9-7-15-39-21-28)48-36(49-50)29-10-8-16-40-22-29/h7-12,15-17,21-22,24-26,30-32,34,36H,6,13-14,18-20,23H2,1-5H3/t24-,25-,26+,30-,31-,32-,34?,36?,50?/m0/s1. The number of hydrogen-bond donors (Lipinski definition) is 0. The number of pyridine rings is 2. The van der Waals surface area contributed by atoms with Gasteiger partial charge in [-0.15, -0.1) is 4.76 Å². The third-order valence-corrected chi connectivity index (χ3v) is 11.8. The number of fused-ring (bicyclic) bond motifs is 1. The van der Waals surface area contributed by atoms with E-state index in [4.69, 9.17) is 23.3 Å². The van der Waals surface area contributed by atoms with Gasteiger partial charge in [0.2, 0.25) is 12.2 Å². The number of ether oxygens (including phenoxy) is 3. The van der Waals surface area contributed by atoms with Gasteiger partial charge in [-0.1, -0.05) is 39.0 Å². The molecule has 0 amide bonds. The van der Waals surface area contributed by atoms with Crippen LogP contribution in [-0.4, -0.2) is 46.6 Å². The van der Waals surface area contributed by atoms with E-state index in [1.165, 1.54) is 5.57 Å². The Labute approximate surface area is 294 Å². The van der Waals surface area contributed by atoms with Crippen molar-refractivity contribution in [2.24, 2.45) is 39.8 Å². The summed E-state index contributed by atoms with van der Waals surface area (Å²) in [6, 6.07) is 6.96. The Morgan fingerprint density at radius 3 is 2.56 bits per heavy atom. The average molecular weight is 706 g/mol. The lowest BCUT2D eigenvalue weighted by Crippen LogP contribution is -2.43. The molecule has 2 aromatic rings. The van der Waals surface area contributed by atoms with E-state index in [2.05, 4.69) is 46.8 Å². The first-order valence-electron chi connectivity index (χ1n) is 17.7. The van der Waals surface area contributed by atoms with Gasteiger partial charge in [0.15, 0.2) is 0 Å². The molecule has 12 heteroatoms. The van der Waals surface area contributed by atoms with Crippen LogP contribution in [-0.2, 0) is 37.4 Å². The third kappa shape index (κ3) is 8.44. The summed E-state index contributed by atoms with van der Waals surface area (Å²) >= 11 is 0. The maximum absolute atomic E-state index is 14.0. The summed E-state index contributed by atoms with van der Waals surface area (Å²) in [6.45, 7) is 10.3. The predicted octanol–water partition coefficient (Wildman–Crippen LogP) is 7.95. The summed E-state index contributed by atoms with van der Waals surface area (Å²) < 4.78 is 48.1. The van der Waals surface area contributed by atoms with Crippen LogP contribution in [0.25, 0.3) is 0 Å². The van der Waals surface area contributed by atoms with Crippen molar-refractivity contribution in [3.8, 4) is 0 Å². The van der Waals surface area contributed by atoms with Crippen molar-refractivity contribution in [2.45, 2.75) is 91.6 Å². The highest BCUT2D eigenvalue weighted by atomic mass is 31.2. The van der Waals surface area contributed by atoms with Crippen molar-refractivity contribution < 1.29 is 37.4 Å². The fraction of sp³-hybridized carbons (Fsp3) is 0.553. The number of esters is 2. The summed E-state index contributed by atoms with van der Waals surface area (Å²) in [5, 5.41) is 0. The van der Waals surface area contributed by atoms with Gasteiger partial charge in [-0.2, -0.15) is 0 Å². The summed E-state index contributed by atoms with van der Waals surface area (Å²) in [4.78, 5) is 34.3. The van der Waals surface area contributed by atoms with Crippen LogP contribution in [0.3, 0.4) is 0 Å². The second-order valence-electron chi connectivity index (χ2n) is 14.7. The van der Waals surface area contributed by atoms with E-state index in [-0.39, 0.29) is 66.7 Å². The minimum absolute atomic E-state index is 0.00628. The summed E-state index contributed by atoms with van der Waals surface area (Å²) in [6.07, 6.45) is 15.2. The molecule has 1 saturated heterocycles. The quantitative estimate of drug-likeness (QED) is 0.167. The Morgan fingerprint density at radius 2 is 1.84 bits per heavy atom. The molecule has 0 radical (unpaired) electrons. The van der Waals surface area contributed by atoms with Crippen molar-refractivity contribution in [3.63, 3.8) is 0 Å². The molecule has 4 heterocycles. The van der Waals surface area contributed by atoms with Crippen molar-refractivity contribution in [1.29, 1.82) is 0 Å². The minimum atomic E-state index is -4.06. The summed E-state index contributed by atoms with van der Waals surface area (Å²) in [5.41, 5.74) is 1.76. The van der Waals surface area contributed by atoms with E-state index >= 15 is 0 Å². The SMILES string of the molecule is CCC(C)(C)C(=O)O[C@H]1C[C@@H](C)C=C2C=C[C@H](C)[C@H](CC[C@H]3C[C@@H](COP4(=O)N=C(c5cccnc5)OC(c5cccnc5)O4)CC(=O)O3)C21. The van der Waals surface area contributed by atoms with Crippen LogP contribution in [0.2, 0.25) is 0 Å². The largest absolute Gasteiger partial charge is 0.462 e. The zero-order chi connectivity index (χ0) is 35.5. The highest BCUT2D eigenvalue weighted by Crippen LogP contribution is 2.57. The van der Waals surface area contributed by atoms with Crippen LogP contribution in [0, 0.1) is 35.0 Å². The molecule has 268 valence electrons. The number of allylic oxidation sites excluding steroid dienone is 3. The Balaban J connectivity index is 1.12. The van der Waals surface area contributed by atoms with E-state index < -0.39 is 19.5 Å². The van der Waals surface area contributed by atoms with Crippen LogP contribution in [0.15, 0.2) is 77.6 Å². The molecule has 0 aromatic carbocycles. The van der Waals surface area contributed by atoms with Gasteiger partial charge in [-0.05, 0) is 99.5 Å². The number of cyclic esters (lactones) is 1. The lowest BCUT2D eigenvalue weighted by atomic mass is 9.65. The molecule has 3 unspecified atom stereocenters. The molecule has 2 aromatic heterocycles. The highest BCUT2D eigenvalue weighted by Gasteiger charge is 2.44. The molecule has 0 N–H and O–H groups in total. The summed E-state index contributed by atoms with van der Waals surface area (Å²) in [7, 11) is -4.06. The molecule has 6 rings (SSSR count). The van der Waals surface area contributed by atoms with Gasteiger partial charge in [-0.25, -0.2) is 9.09 Å². The highest BCUT2D eigenvalue weighted by molar-refractivity contribution is 7.52. The van der Waals surface area contributed by atoms with Gasteiger partial charge in [0.1, 0.15) is 12.2 Å². The molecule has 9 atom stereocenters. The number of aromatic nitrogens is 2. The third-order valence-electron chi connectivity index (χ3n) is 10.5. The fourth-order valence-electron chi connectivity index (χ4n) is 7.24. The van der Waals surface area contributed by atoms with E-state index in [0.29, 0.717) is 36.3 Å². The molecule has 11 nitrogen and oxygen atoms in total. The van der Waals surface area contributed by atoms with Gasteiger partial charge in [-0.3, -0.25) is 24.1 Å². The van der Waals surface area contributed by atoms with E-state index in [9.17, 15) is 14.2 Å². The molecule has 0 saturated carbocycles. The van der Waals surface area contributed by atoms with Gasteiger partial charge in [0.05, 0.1) is 24.0 Å². The molecule has 50 heavy (non-hydrogen) atoms. The van der Waals surface area contributed by atoms with Gasteiger partial charge in [0.25, 0.3) is 0 Å². The Morgan fingerprint density at radius 1 is 1.06 bits per heavy atom. The van der Waals surface area contributed by atoms with E-state index in [1.54, 1.807) is 49.1 Å². The lowest BCUT2D eigenvalue weighted by Gasteiger charge is -2.44. The topological polar surface area (TPSA) is 136 Å². The summed E-state index contributed by atoms with van der Waals surface area (Å²) in [5.74, 6) is 0.242. The van der Waals surface area contributed by atoms with Gasteiger partial charge >= 0.3 is 19.7 Å². The van der Waals surface area contributed by atoms with Crippen LogP contribution < -0.4 is 0 Å². The predicted molar refractivity (Wildman–Crippen MR) is 186 cm³/mol. The van der Waals surface area contributed by atoms with Crippen LogP contribution in [0.4, 0.5) is 0 Å². The van der Waals surface area contributed by atoms with E-state index in [0.717, 1.165) is 12.8 Å². The molecule has 0 bridgehead atoms. The second kappa shape index (κ2) is 15.3. The van der Waals surface area contributed by atoms with Crippen LogP contribution >= 0.6 is 7.75 Å². The minimum Gasteiger partial charge on any atom is -0.462 e. The second-order valence-corrected chi connectivity index (χ2v) is 16.3. The zero-order valence-corrected chi connectivity index (χ0v) is 30.4. The normalized spacial score (nSPS) is 32.5. The molecule has 1 fully saturated rings. The molecular formula is C38H48N3O8P. The van der Waals surface area contributed by atoms with Gasteiger partial charge < -0.3 is 14.2 Å². The Hall–Kier alpha value is -3.66. The first kappa shape index (κ1) is 36.1. The molecule has 2 aliphatic carbocycles. The number of rotatable bonds is 11. The smallest absolute Gasteiger partial charge is 0.460 e. The van der Waals surface area contributed by atoms with E-state index in [1.807, 2.05) is 20.8 Å². The molecule has 4 aliphatic rings. The van der Waals surface area contributed by atoms with Crippen LogP contribution in [0.5, 0.6) is 0 Å². The maximum atomic E-state index is 14.0. The first-order chi connectivity index (χ1) is 23.9. The van der Waals surface area contributed by atoms with Crippen molar-refractivity contribution >= 4 is 25.6 Å². The lowest BCUT2D eigenvalue weighted by molar-refractivity contribution is -0.165. The fourth-order valence-corrected chi connectivity index (χ4v) is 8.60. The Bertz CT molecular complexity index is 1660. The number of hydrogen-bond acceptors (Lipinski definition) is 10. The van der Waals surface area contributed by atoms with Gasteiger partial charge in [0, 0.05) is 36.3 Å². The van der Waals surface area contributed by atoms with Crippen molar-refractivity contribution in [3.05, 3.63) is 84.0 Å². The van der Waals surface area contributed by atoms with Crippen molar-refractivity contribution in [2.75, 3.05) is 6.61 Å². The monoisotopic (exact) mass is 705 g/mol. The molecule has 2 aliphatic heterocycles. The van der Waals surface area contributed by atoms with Crippen LogP contribution in [0.1, 0.15) is 90.6 Å². The number of nitrogens with zero attached hydrogens (tertiary/aromatic N) is 3. The number of carbonyl (C=O) groups is 2.